The molecule has 0 saturated carbocycles. The highest BCUT2D eigenvalue weighted by atomic mass is 16.5. The first-order valence-electron chi connectivity index (χ1n) is 7.67. The van der Waals surface area contributed by atoms with Crippen molar-refractivity contribution in [2.75, 3.05) is 20.3 Å². The van der Waals surface area contributed by atoms with E-state index in [0.29, 0.717) is 5.92 Å². The van der Waals surface area contributed by atoms with Crippen molar-refractivity contribution >= 4 is 0 Å². The van der Waals surface area contributed by atoms with Crippen molar-refractivity contribution in [2.24, 2.45) is 5.92 Å². The second-order valence-corrected chi connectivity index (χ2v) is 5.55. The summed E-state index contributed by atoms with van der Waals surface area (Å²) in [6.45, 7) is 9.23. The minimum absolute atomic E-state index is 0.648. The average molecular weight is 279 g/mol. The molecule has 1 aromatic rings. The molecular formula is C17H29NO2. The SMILES string of the molecule is CCCCCOc1ccc(OC)cc1CNCC(C)C. The molecule has 0 aliphatic rings. The largest absolute Gasteiger partial charge is 0.497 e. The number of hydrogen-bond acceptors (Lipinski definition) is 3. The van der Waals surface area contributed by atoms with Gasteiger partial charge >= 0.3 is 0 Å². The van der Waals surface area contributed by atoms with Crippen LogP contribution in [0.1, 0.15) is 45.6 Å². The van der Waals surface area contributed by atoms with E-state index in [0.717, 1.165) is 37.6 Å². The Balaban J connectivity index is 2.60. The van der Waals surface area contributed by atoms with Crippen molar-refractivity contribution in [1.29, 1.82) is 0 Å². The predicted molar refractivity (Wildman–Crippen MR) is 84.6 cm³/mol. The summed E-state index contributed by atoms with van der Waals surface area (Å²) < 4.78 is 11.2. The molecular weight excluding hydrogens is 250 g/mol. The minimum atomic E-state index is 0.648. The molecule has 0 fully saturated rings. The van der Waals surface area contributed by atoms with Gasteiger partial charge in [0.05, 0.1) is 13.7 Å². The number of methoxy groups -OCH3 is 1. The highest BCUT2D eigenvalue weighted by Gasteiger charge is 2.06. The van der Waals surface area contributed by atoms with Crippen LogP contribution in [0.2, 0.25) is 0 Å². The molecule has 0 radical (unpaired) electrons. The first kappa shape index (κ1) is 16.8. The molecule has 0 amide bonds. The van der Waals surface area contributed by atoms with Gasteiger partial charge in [0, 0.05) is 12.1 Å². The maximum atomic E-state index is 5.90. The fraction of sp³-hybridized carbons (Fsp3) is 0.647. The monoisotopic (exact) mass is 279 g/mol. The van der Waals surface area contributed by atoms with Crippen molar-refractivity contribution in [3.63, 3.8) is 0 Å². The smallest absolute Gasteiger partial charge is 0.124 e. The summed E-state index contributed by atoms with van der Waals surface area (Å²) in [4.78, 5) is 0. The summed E-state index contributed by atoms with van der Waals surface area (Å²) in [6, 6.07) is 6.03. The molecule has 0 heterocycles. The van der Waals surface area contributed by atoms with Crippen LogP contribution in [0.4, 0.5) is 0 Å². The van der Waals surface area contributed by atoms with E-state index in [4.69, 9.17) is 9.47 Å². The summed E-state index contributed by atoms with van der Waals surface area (Å²) in [6.07, 6.45) is 3.55. The normalized spacial score (nSPS) is 10.8. The molecule has 0 unspecified atom stereocenters. The number of nitrogens with one attached hydrogen (secondary N) is 1. The zero-order chi connectivity index (χ0) is 14.8. The van der Waals surface area contributed by atoms with Crippen molar-refractivity contribution in [1.82, 2.24) is 5.32 Å². The van der Waals surface area contributed by atoms with E-state index in [1.54, 1.807) is 7.11 Å². The Morgan fingerprint density at radius 1 is 1.20 bits per heavy atom. The van der Waals surface area contributed by atoms with Crippen molar-refractivity contribution in [2.45, 2.75) is 46.6 Å². The second kappa shape index (κ2) is 9.65. The van der Waals surface area contributed by atoms with Crippen LogP contribution in [0, 0.1) is 5.92 Å². The molecule has 3 nitrogen and oxygen atoms in total. The van der Waals surface area contributed by atoms with Gasteiger partial charge in [-0.25, -0.2) is 0 Å². The minimum Gasteiger partial charge on any atom is -0.497 e. The van der Waals surface area contributed by atoms with E-state index in [9.17, 15) is 0 Å². The molecule has 0 saturated heterocycles. The quantitative estimate of drug-likeness (QED) is 0.656. The Bertz CT molecular complexity index is 377. The van der Waals surface area contributed by atoms with Crippen LogP contribution in [0.5, 0.6) is 11.5 Å². The highest BCUT2D eigenvalue weighted by Crippen LogP contribution is 2.24. The number of benzene rings is 1. The fourth-order valence-electron chi connectivity index (χ4n) is 1.99. The third kappa shape index (κ3) is 6.29. The van der Waals surface area contributed by atoms with Crippen LogP contribution < -0.4 is 14.8 Å². The van der Waals surface area contributed by atoms with Gasteiger partial charge in [0.15, 0.2) is 0 Å². The Hall–Kier alpha value is -1.22. The van der Waals surface area contributed by atoms with Gasteiger partial charge in [0.1, 0.15) is 11.5 Å². The summed E-state index contributed by atoms with van der Waals surface area (Å²) in [7, 11) is 1.70. The fourth-order valence-corrected chi connectivity index (χ4v) is 1.99. The van der Waals surface area contributed by atoms with E-state index >= 15 is 0 Å². The molecule has 0 aromatic heterocycles. The van der Waals surface area contributed by atoms with Gasteiger partial charge in [-0.2, -0.15) is 0 Å². The standard InChI is InChI=1S/C17H29NO2/c1-5-6-7-10-20-17-9-8-16(19-4)11-15(17)13-18-12-14(2)3/h8-9,11,14,18H,5-7,10,12-13H2,1-4H3. The maximum absolute atomic E-state index is 5.90. The van der Waals surface area contributed by atoms with E-state index < -0.39 is 0 Å². The van der Waals surface area contributed by atoms with Gasteiger partial charge in [0.2, 0.25) is 0 Å². The van der Waals surface area contributed by atoms with E-state index in [-0.39, 0.29) is 0 Å². The third-order valence-corrected chi connectivity index (χ3v) is 3.14. The third-order valence-electron chi connectivity index (χ3n) is 3.14. The van der Waals surface area contributed by atoms with Crippen LogP contribution >= 0.6 is 0 Å². The molecule has 0 aliphatic heterocycles. The molecule has 0 aliphatic carbocycles. The van der Waals surface area contributed by atoms with Crippen molar-refractivity contribution < 1.29 is 9.47 Å². The first-order chi connectivity index (χ1) is 9.67. The van der Waals surface area contributed by atoms with Crippen molar-refractivity contribution in [3.05, 3.63) is 23.8 Å². The molecule has 1 aromatic carbocycles. The lowest BCUT2D eigenvalue weighted by molar-refractivity contribution is 0.301. The Labute approximate surface area is 123 Å². The Morgan fingerprint density at radius 2 is 2.00 bits per heavy atom. The van der Waals surface area contributed by atoms with E-state index in [1.807, 2.05) is 12.1 Å². The summed E-state index contributed by atoms with van der Waals surface area (Å²) in [5.74, 6) is 2.50. The van der Waals surface area contributed by atoms with Crippen LogP contribution in [0.3, 0.4) is 0 Å². The van der Waals surface area contributed by atoms with Crippen molar-refractivity contribution in [3.8, 4) is 11.5 Å². The number of ether oxygens (including phenoxy) is 2. The molecule has 114 valence electrons. The predicted octanol–water partition coefficient (Wildman–Crippen LogP) is 4.01. The molecule has 0 spiro atoms. The molecule has 1 N–H and O–H groups in total. The zero-order valence-electron chi connectivity index (χ0n) is 13.4. The van der Waals surface area contributed by atoms with Gasteiger partial charge in [-0.3, -0.25) is 0 Å². The topological polar surface area (TPSA) is 30.5 Å². The van der Waals surface area contributed by atoms with Gasteiger partial charge < -0.3 is 14.8 Å². The Kier molecular flexibility index (Phi) is 8.12. The Morgan fingerprint density at radius 3 is 2.65 bits per heavy atom. The summed E-state index contributed by atoms with van der Waals surface area (Å²) in [5.41, 5.74) is 1.17. The molecule has 0 bridgehead atoms. The zero-order valence-corrected chi connectivity index (χ0v) is 13.4. The lowest BCUT2D eigenvalue weighted by Gasteiger charge is -2.14. The van der Waals surface area contributed by atoms with Crippen LogP contribution in [-0.2, 0) is 6.54 Å². The van der Waals surface area contributed by atoms with Crippen LogP contribution in [0.25, 0.3) is 0 Å². The highest BCUT2D eigenvalue weighted by molar-refractivity contribution is 5.40. The van der Waals surface area contributed by atoms with Crippen LogP contribution in [0.15, 0.2) is 18.2 Å². The molecule has 0 atom stereocenters. The van der Waals surface area contributed by atoms with Gasteiger partial charge in [-0.1, -0.05) is 33.6 Å². The summed E-state index contributed by atoms with van der Waals surface area (Å²) in [5, 5.41) is 3.46. The number of rotatable bonds is 10. The van der Waals surface area contributed by atoms with Gasteiger partial charge in [-0.15, -0.1) is 0 Å². The molecule has 3 heteroatoms. The number of unbranched alkanes of at least 4 members (excludes halogenated alkanes) is 2. The second-order valence-electron chi connectivity index (χ2n) is 5.55. The average Bonchev–Trinajstić information content (AvgIpc) is 2.44. The lowest BCUT2D eigenvalue weighted by Crippen LogP contribution is -2.19. The van der Waals surface area contributed by atoms with Gasteiger partial charge in [0.25, 0.3) is 0 Å². The van der Waals surface area contributed by atoms with Crippen LogP contribution in [-0.4, -0.2) is 20.3 Å². The maximum Gasteiger partial charge on any atom is 0.124 e. The summed E-state index contributed by atoms with van der Waals surface area (Å²) >= 11 is 0. The van der Waals surface area contributed by atoms with Gasteiger partial charge in [-0.05, 0) is 37.1 Å². The van der Waals surface area contributed by atoms with E-state index in [1.165, 1.54) is 18.4 Å². The molecule has 20 heavy (non-hydrogen) atoms. The van der Waals surface area contributed by atoms with E-state index in [2.05, 4.69) is 32.2 Å². The first-order valence-corrected chi connectivity index (χ1v) is 7.67. The lowest BCUT2D eigenvalue weighted by atomic mass is 10.1. The molecule has 1 rings (SSSR count). The number of hydrogen-bond donors (Lipinski definition) is 1.